The molecular weight excluding hydrogens is 479 g/mol. The van der Waals surface area contributed by atoms with E-state index in [9.17, 15) is 23.1 Å². The number of carboxylic acids is 1. The summed E-state index contributed by atoms with van der Waals surface area (Å²) in [6.45, 7) is 1.67. The SMILES string of the molecule is Cc1ccnc2c1n(CC(=O)O)c(=O)n2C1CCN(S(=O)(=O)c2ccc(Cl)cc2Cl)CC1. The van der Waals surface area contributed by atoms with Gasteiger partial charge in [0.15, 0.2) is 5.65 Å². The minimum absolute atomic E-state index is 0.0189. The molecule has 4 rings (SSSR count). The van der Waals surface area contributed by atoms with E-state index in [1.54, 1.807) is 19.2 Å². The van der Waals surface area contributed by atoms with Crippen LogP contribution in [0.5, 0.6) is 0 Å². The van der Waals surface area contributed by atoms with Crippen LogP contribution in [-0.4, -0.2) is 51.0 Å². The molecule has 1 fully saturated rings. The largest absolute Gasteiger partial charge is 0.480 e. The molecule has 1 aromatic carbocycles. The van der Waals surface area contributed by atoms with E-state index >= 15 is 0 Å². The number of imidazole rings is 1. The van der Waals surface area contributed by atoms with Crippen molar-refractivity contribution in [2.75, 3.05) is 13.1 Å². The number of pyridine rings is 1. The number of rotatable bonds is 5. The van der Waals surface area contributed by atoms with Crippen LogP contribution < -0.4 is 5.69 Å². The summed E-state index contributed by atoms with van der Waals surface area (Å²) in [5.74, 6) is -1.13. The Morgan fingerprint density at radius 2 is 1.91 bits per heavy atom. The van der Waals surface area contributed by atoms with Gasteiger partial charge in [0, 0.05) is 30.4 Å². The molecule has 1 aliphatic rings. The average Bonchev–Trinajstić information content (AvgIpc) is 3.00. The fraction of sp³-hybridized carbons (Fsp3) is 0.350. The maximum absolute atomic E-state index is 13.1. The maximum Gasteiger partial charge on any atom is 0.331 e. The summed E-state index contributed by atoms with van der Waals surface area (Å²) in [7, 11) is -3.83. The number of piperidine rings is 1. The number of halogens is 2. The van der Waals surface area contributed by atoms with Crippen molar-refractivity contribution in [1.29, 1.82) is 0 Å². The minimum Gasteiger partial charge on any atom is -0.480 e. The Morgan fingerprint density at radius 1 is 1.22 bits per heavy atom. The molecule has 1 aliphatic heterocycles. The molecule has 1 saturated heterocycles. The van der Waals surface area contributed by atoms with Crippen LogP contribution >= 0.6 is 23.2 Å². The third kappa shape index (κ3) is 3.92. The molecule has 0 amide bonds. The molecule has 2 aromatic heterocycles. The zero-order valence-electron chi connectivity index (χ0n) is 17.0. The van der Waals surface area contributed by atoms with Crippen molar-refractivity contribution in [2.45, 2.75) is 37.2 Å². The summed E-state index contributed by atoms with van der Waals surface area (Å²) in [4.78, 5) is 28.7. The topological polar surface area (TPSA) is 114 Å². The van der Waals surface area contributed by atoms with E-state index in [-0.39, 0.29) is 29.0 Å². The number of hydrogen-bond acceptors (Lipinski definition) is 5. The van der Waals surface area contributed by atoms with Gasteiger partial charge in [-0.3, -0.25) is 13.9 Å². The summed E-state index contributed by atoms with van der Waals surface area (Å²) in [6, 6.07) is 5.63. The van der Waals surface area contributed by atoms with Gasteiger partial charge in [-0.2, -0.15) is 4.31 Å². The van der Waals surface area contributed by atoms with Crippen LogP contribution in [0.4, 0.5) is 0 Å². The lowest BCUT2D eigenvalue weighted by Crippen LogP contribution is -2.41. The summed E-state index contributed by atoms with van der Waals surface area (Å²) >= 11 is 12.0. The van der Waals surface area contributed by atoms with Crippen LogP contribution in [0.3, 0.4) is 0 Å². The molecular formula is C20H20Cl2N4O5S. The van der Waals surface area contributed by atoms with Gasteiger partial charge in [-0.1, -0.05) is 23.2 Å². The van der Waals surface area contributed by atoms with Gasteiger partial charge in [0.1, 0.15) is 11.4 Å². The van der Waals surface area contributed by atoms with Crippen molar-refractivity contribution in [2.24, 2.45) is 0 Å². The van der Waals surface area contributed by atoms with Crippen LogP contribution in [-0.2, 0) is 21.4 Å². The summed E-state index contributed by atoms with van der Waals surface area (Å²) in [5.41, 5.74) is 1.15. The van der Waals surface area contributed by atoms with Crippen molar-refractivity contribution in [3.8, 4) is 0 Å². The Kier molecular flexibility index (Phi) is 6.06. The Balaban J connectivity index is 1.65. The van der Waals surface area contributed by atoms with Gasteiger partial charge < -0.3 is 5.11 Å². The van der Waals surface area contributed by atoms with Crippen molar-refractivity contribution < 1.29 is 18.3 Å². The van der Waals surface area contributed by atoms with E-state index in [0.29, 0.717) is 29.0 Å². The Morgan fingerprint density at radius 3 is 2.53 bits per heavy atom. The highest BCUT2D eigenvalue weighted by Gasteiger charge is 2.33. The third-order valence-corrected chi connectivity index (χ3v) is 8.25. The Labute approximate surface area is 193 Å². The van der Waals surface area contributed by atoms with E-state index in [1.807, 2.05) is 0 Å². The molecule has 3 heterocycles. The molecule has 1 N–H and O–H groups in total. The highest BCUT2D eigenvalue weighted by molar-refractivity contribution is 7.89. The van der Waals surface area contributed by atoms with Crippen molar-refractivity contribution in [3.63, 3.8) is 0 Å². The Bertz CT molecular complexity index is 1370. The quantitative estimate of drug-likeness (QED) is 0.578. The highest BCUT2D eigenvalue weighted by atomic mass is 35.5. The summed E-state index contributed by atoms with van der Waals surface area (Å²) in [5, 5.41) is 9.64. The molecule has 12 heteroatoms. The molecule has 0 radical (unpaired) electrons. The van der Waals surface area contributed by atoms with Crippen LogP contribution in [0, 0.1) is 6.92 Å². The lowest BCUT2D eigenvalue weighted by atomic mass is 10.1. The first-order chi connectivity index (χ1) is 15.1. The number of fused-ring (bicyclic) bond motifs is 1. The molecule has 0 bridgehead atoms. The molecule has 0 unspecified atom stereocenters. The van der Waals surface area contributed by atoms with Gasteiger partial charge in [0.05, 0.1) is 10.5 Å². The first-order valence-corrected chi connectivity index (χ1v) is 12.0. The van der Waals surface area contributed by atoms with Crippen molar-refractivity contribution in [1.82, 2.24) is 18.4 Å². The van der Waals surface area contributed by atoms with E-state index in [2.05, 4.69) is 4.98 Å². The lowest BCUT2D eigenvalue weighted by Gasteiger charge is -2.31. The highest BCUT2D eigenvalue weighted by Crippen LogP contribution is 2.32. The molecule has 0 atom stereocenters. The maximum atomic E-state index is 13.1. The number of aromatic nitrogens is 3. The standard InChI is InChI=1S/C20H20Cl2N4O5S/c1-12-4-7-23-19-18(12)25(11-17(27)28)20(29)26(19)14-5-8-24(9-6-14)32(30,31)16-3-2-13(21)10-15(16)22/h2-4,7,10,14H,5-6,8-9,11H2,1H3,(H,27,28). The molecule has 0 aliphatic carbocycles. The fourth-order valence-electron chi connectivity index (χ4n) is 4.14. The third-order valence-electron chi connectivity index (χ3n) is 5.64. The first-order valence-electron chi connectivity index (χ1n) is 9.84. The number of sulfonamides is 1. The molecule has 0 spiro atoms. The second-order valence-electron chi connectivity index (χ2n) is 7.64. The summed E-state index contributed by atoms with van der Waals surface area (Å²) in [6.07, 6.45) is 2.30. The molecule has 9 nitrogen and oxygen atoms in total. The number of benzene rings is 1. The number of aliphatic carboxylic acids is 1. The van der Waals surface area contributed by atoms with Gasteiger partial charge in [0.25, 0.3) is 0 Å². The van der Waals surface area contributed by atoms with E-state index < -0.39 is 28.2 Å². The number of carboxylic acid groups (broad SMARTS) is 1. The number of aryl methyl sites for hydroxylation is 1. The van der Waals surface area contributed by atoms with E-state index in [1.165, 1.54) is 31.6 Å². The predicted molar refractivity (Wildman–Crippen MR) is 120 cm³/mol. The van der Waals surface area contributed by atoms with Gasteiger partial charge in [-0.15, -0.1) is 0 Å². The second kappa shape index (κ2) is 8.51. The molecule has 32 heavy (non-hydrogen) atoms. The van der Waals surface area contributed by atoms with Crippen LogP contribution in [0.1, 0.15) is 24.4 Å². The smallest absolute Gasteiger partial charge is 0.331 e. The van der Waals surface area contributed by atoms with Crippen LogP contribution in [0.15, 0.2) is 40.2 Å². The summed E-state index contributed by atoms with van der Waals surface area (Å²) < 4.78 is 30.1. The van der Waals surface area contributed by atoms with Gasteiger partial charge in [-0.25, -0.2) is 18.2 Å². The van der Waals surface area contributed by atoms with Crippen LogP contribution in [0.2, 0.25) is 10.0 Å². The minimum atomic E-state index is -3.83. The fourth-order valence-corrected chi connectivity index (χ4v) is 6.35. The zero-order valence-corrected chi connectivity index (χ0v) is 19.4. The molecule has 0 saturated carbocycles. The number of carbonyl (C=O) groups is 1. The van der Waals surface area contributed by atoms with E-state index in [0.717, 1.165) is 5.56 Å². The van der Waals surface area contributed by atoms with Gasteiger partial charge in [-0.05, 0) is 49.6 Å². The van der Waals surface area contributed by atoms with Crippen molar-refractivity contribution >= 4 is 50.4 Å². The lowest BCUT2D eigenvalue weighted by molar-refractivity contribution is -0.137. The van der Waals surface area contributed by atoms with Crippen LogP contribution in [0.25, 0.3) is 11.2 Å². The second-order valence-corrected chi connectivity index (χ2v) is 10.4. The van der Waals surface area contributed by atoms with Crippen molar-refractivity contribution in [3.05, 3.63) is 56.6 Å². The normalized spacial score (nSPS) is 16.0. The monoisotopic (exact) mass is 498 g/mol. The first kappa shape index (κ1) is 22.8. The Hall–Kier alpha value is -2.40. The number of hydrogen-bond donors (Lipinski definition) is 1. The average molecular weight is 499 g/mol. The van der Waals surface area contributed by atoms with Gasteiger partial charge >= 0.3 is 11.7 Å². The molecule has 3 aromatic rings. The number of nitrogens with zero attached hydrogens (tertiary/aromatic N) is 4. The van der Waals surface area contributed by atoms with Gasteiger partial charge in [0.2, 0.25) is 10.0 Å². The zero-order chi connectivity index (χ0) is 23.2. The van der Waals surface area contributed by atoms with E-state index in [4.69, 9.17) is 23.2 Å². The molecule has 170 valence electrons. The predicted octanol–water partition coefficient (Wildman–Crippen LogP) is 2.92.